The van der Waals surface area contributed by atoms with Gasteiger partial charge < -0.3 is 14.9 Å². The predicted molar refractivity (Wildman–Crippen MR) is 108 cm³/mol. The Morgan fingerprint density at radius 3 is 2.68 bits per heavy atom. The lowest BCUT2D eigenvalue weighted by molar-refractivity contribution is 0.100. The Kier molecular flexibility index (Phi) is 4.99. The Balaban J connectivity index is 1.53. The molecule has 1 amide bonds. The monoisotopic (exact) mass is 391 g/mol. The molecule has 2 aromatic heterocycles. The summed E-state index contributed by atoms with van der Waals surface area (Å²) in [6.07, 6.45) is 1.63. The van der Waals surface area contributed by atoms with Crippen molar-refractivity contribution in [3.8, 4) is 17.2 Å². The summed E-state index contributed by atoms with van der Waals surface area (Å²) in [4.78, 5) is 20.9. The van der Waals surface area contributed by atoms with Crippen LogP contribution in [-0.2, 0) is 5.75 Å². The summed E-state index contributed by atoms with van der Waals surface area (Å²) in [5.74, 6) is 1.41. The van der Waals surface area contributed by atoms with Gasteiger partial charge in [0.15, 0.2) is 0 Å². The third-order valence-electron chi connectivity index (χ3n) is 4.21. The maximum Gasteiger partial charge on any atom is 0.249 e. The highest BCUT2D eigenvalue weighted by Gasteiger charge is 2.12. The standard InChI is InChI=1S/C21H17N3O3S/c1-26-15-8-6-13(7-9-15)21-23-14(11-27-21)12-28-19-10-17(20(22)25)16-4-2-3-5-18(16)24-19/h2-11H,12H2,1H3,(H2,22,25). The maximum absolute atomic E-state index is 11.8. The first-order valence-electron chi connectivity index (χ1n) is 8.55. The SMILES string of the molecule is COc1ccc(-c2nc(CSc3cc(C(N)=O)c4ccccc4n3)co2)cc1. The van der Waals surface area contributed by atoms with Crippen molar-refractivity contribution in [3.05, 3.63) is 72.1 Å². The molecular formula is C21H17N3O3S. The number of oxazole rings is 1. The first-order chi connectivity index (χ1) is 13.6. The lowest BCUT2D eigenvalue weighted by Crippen LogP contribution is -2.12. The smallest absolute Gasteiger partial charge is 0.249 e. The van der Waals surface area contributed by atoms with Gasteiger partial charge in [-0.25, -0.2) is 9.97 Å². The fourth-order valence-corrected chi connectivity index (χ4v) is 3.61. The van der Waals surface area contributed by atoms with Gasteiger partial charge in [0.2, 0.25) is 11.8 Å². The topological polar surface area (TPSA) is 91.2 Å². The Morgan fingerprint density at radius 1 is 1.14 bits per heavy atom. The van der Waals surface area contributed by atoms with Crippen molar-refractivity contribution in [1.82, 2.24) is 9.97 Å². The molecule has 2 aromatic carbocycles. The van der Waals surface area contributed by atoms with Crippen molar-refractivity contribution in [2.45, 2.75) is 10.8 Å². The first-order valence-corrected chi connectivity index (χ1v) is 9.54. The van der Waals surface area contributed by atoms with Gasteiger partial charge in [-0.15, -0.1) is 0 Å². The molecular weight excluding hydrogens is 374 g/mol. The normalized spacial score (nSPS) is 10.9. The van der Waals surface area contributed by atoms with Crippen LogP contribution in [0.4, 0.5) is 0 Å². The van der Waals surface area contributed by atoms with Crippen molar-refractivity contribution in [2.75, 3.05) is 7.11 Å². The minimum atomic E-state index is -0.469. The molecule has 4 rings (SSSR count). The lowest BCUT2D eigenvalue weighted by atomic mass is 10.1. The van der Waals surface area contributed by atoms with E-state index in [0.717, 1.165) is 27.9 Å². The van der Waals surface area contributed by atoms with E-state index in [1.165, 1.54) is 11.8 Å². The molecule has 0 aliphatic heterocycles. The number of amides is 1. The summed E-state index contributed by atoms with van der Waals surface area (Å²) in [6.45, 7) is 0. The number of nitrogens with zero attached hydrogens (tertiary/aromatic N) is 2. The van der Waals surface area contributed by atoms with Gasteiger partial charge in [-0.3, -0.25) is 4.79 Å². The Labute approximate surface area is 165 Å². The molecule has 28 heavy (non-hydrogen) atoms. The summed E-state index contributed by atoms with van der Waals surface area (Å²) in [5, 5.41) is 1.46. The summed E-state index contributed by atoms with van der Waals surface area (Å²) < 4.78 is 10.7. The van der Waals surface area contributed by atoms with Crippen LogP contribution in [0, 0.1) is 0 Å². The zero-order valence-electron chi connectivity index (χ0n) is 15.1. The molecule has 4 aromatic rings. The third kappa shape index (κ3) is 3.70. The number of carbonyl (C=O) groups excluding carboxylic acids is 1. The second-order valence-corrected chi connectivity index (χ2v) is 7.05. The Bertz CT molecular complexity index is 1140. The van der Waals surface area contributed by atoms with Crippen molar-refractivity contribution < 1.29 is 13.9 Å². The average molecular weight is 391 g/mol. The molecule has 0 saturated carbocycles. The fraction of sp³-hybridized carbons (Fsp3) is 0.0952. The van der Waals surface area contributed by atoms with Crippen LogP contribution >= 0.6 is 11.8 Å². The Hall–Kier alpha value is -3.32. The number of para-hydroxylation sites is 1. The van der Waals surface area contributed by atoms with Crippen LogP contribution in [0.25, 0.3) is 22.4 Å². The van der Waals surface area contributed by atoms with E-state index in [-0.39, 0.29) is 0 Å². The van der Waals surface area contributed by atoms with Gasteiger partial charge in [0.05, 0.1) is 28.9 Å². The van der Waals surface area contributed by atoms with Crippen molar-refractivity contribution in [3.63, 3.8) is 0 Å². The van der Waals surface area contributed by atoms with E-state index in [9.17, 15) is 4.79 Å². The number of methoxy groups -OCH3 is 1. The summed E-state index contributed by atoms with van der Waals surface area (Å²) in [7, 11) is 1.62. The molecule has 2 heterocycles. The van der Waals surface area contributed by atoms with Crippen LogP contribution in [-0.4, -0.2) is 23.0 Å². The van der Waals surface area contributed by atoms with E-state index in [1.807, 2.05) is 48.5 Å². The third-order valence-corrected chi connectivity index (χ3v) is 5.16. The fourth-order valence-electron chi connectivity index (χ4n) is 2.82. The highest BCUT2D eigenvalue weighted by atomic mass is 32.2. The zero-order valence-corrected chi connectivity index (χ0v) is 15.9. The number of hydrogen-bond acceptors (Lipinski definition) is 6. The van der Waals surface area contributed by atoms with Gasteiger partial charge in [-0.2, -0.15) is 0 Å². The van der Waals surface area contributed by atoms with Crippen molar-refractivity contribution in [1.29, 1.82) is 0 Å². The van der Waals surface area contributed by atoms with Gasteiger partial charge in [0.1, 0.15) is 12.0 Å². The van der Waals surface area contributed by atoms with Gasteiger partial charge >= 0.3 is 0 Å². The zero-order chi connectivity index (χ0) is 19.5. The summed E-state index contributed by atoms with van der Waals surface area (Å²) >= 11 is 1.47. The van der Waals surface area contributed by atoms with Crippen LogP contribution in [0.2, 0.25) is 0 Å². The molecule has 140 valence electrons. The van der Waals surface area contributed by atoms with Gasteiger partial charge in [0, 0.05) is 16.7 Å². The lowest BCUT2D eigenvalue weighted by Gasteiger charge is -2.06. The van der Waals surface area contributed by atoms with Crippen LogP contribution in [0.5, 0.6) is 5.75 Å². The minimum absolute atomic E-state index is 0.465. The van der Waals surface area contributed by atoms with E-state index >= 15 is 0 Å². The first kappa shape index (κ1) is 18.1. The summed E-state index contributed by atoms with van der Waals surface area (Å²) in [5.41, 5.74) is 8.39. The quantitative estimate of drug-likeness (QED) is 0.493. The number of primary amides is 1. The van der Waals surface area contributed by atoms with Crippen LogP contribution in [0.3, 0.4) is 0 Å². The molecule has 0 saturated heterocycles. The highest BCUT2D eigenvalue weighted by Crippen LogP contribution is 2.28. The van der Waals surface area contributed by atoms with Gasteiger partial charge in [0.25, 0.3) is 0 Å². The Morgan fingerprint density at radius 2 is 1.93 bits per heavy atom. The van der Waals surface area contributed by atoms with E-state index in [2.05, 4.69) is 9.97 Å². The van der Waals surface area contributed by atoms with E-state index in [1.54, 1.807) is 19.4 Å². The summed E-state index contributed by atoms with van der Waals surface area (Å²) in [6, 6.07) is 16.7. The minimum Gasteiger partial charge on any atom is -0.497 e. The van der Waals surface area contributed by atoms with E-state index in [0.29, 0.717) is 22.2 Å². The highest BCUT2D eigenvalue weighted by molar-refractivity contribution is 7.98. The van der Waals surface area contributed by atoms with Crippen LogP contribution < -0.4 is 10.5 Å². The molecule has 0 atom stereocenters. The number of carbonyl (C=O) groups is 1. The molecule has 0 aliphatic carbocycles. The number of pyridine rings is 1. The number of hydrogen-bond donors (Lipinski definition) is 1. The van der Waals surface area contributed by atoms with Crippen molar-refractivity contribution in [2.24, 2.45) is 5.73 Å². The van der Waals surface area contributed by atoms with E-state index in [4.69, 9.17) is 14.9 Å². The molecule has 0 fully saturated rings. The molecule has 6 nitrogen and oxygen atoms in total. The predicted octanol–water partition coefficient (Wildman–Crippen LogP) is 4.29. The number of benzene rings is 2. The van der Waals surface area contributed by atoms with Crippen molar-refractivity contribution >= 4 is 28.6 Å². The molecule has 0 radical (unpaired) electrons. The van der Waals surface area contributed by atoms with Crippen LogP contribution in [0.15, 0.2) is 70.3 Å². The second kappa shape index (κ2) is 7.74. The largest absolute Gasteiger partial charge is 0.497 e. The molecule has 2 N–H and O–H groups in total. The second-order valence-electron chi connectivity index (χ2n) is 6.05. The molecule has 0 unspecified atom stereocenters. The number of thioether (sulfide) groups is 1. The molecule has 7 heteroatoms. The number of ether oxygens (including phenoxy) is 1. The molecule has 0 aliphatic rings. The maximum atomic E-state index is 11.8. The van der Waals surface area contributed by atoms with Gasteiger partial charge in [-0.1, -0.05) is 30.0 Å². The number of fused-ring (bicyclic) bond motifs is 1. The van der Waals surface area contributed by atoms with E-state index < -0.39 is 5.91 Å². The number of nitrogens with two attached hydrogens (primary N) is 1. The molecule has 0 spiro atoms. The number of aromatic nitrogens is 2. The molecule has 0 bridgehead atoms. The number of rotatable bonds is 6. The average Bonchev–Trinajstić information content (AvgIpc) is 3.20. The van der Waals surface area contributed by atoms with Gasteiger partial charge in [-0.05, 0) is 36.4 Å². The van der Waals surface area contributed by atoms with Crippen LogP contribution in [0.1, 0.15) is 16.1 Å².